The number of nitrogens with one attached hydrogen (secondary N) is 3. The lowest BCUT2D eigenvalue weighted by Crippen LogP contribution is -2.99. The Morgan fingerprint density at radius 1 is 1.06 bits per heavy atom. The van der Waals surface area contributed by atoms with Crippen molar-refractivity contribution in [1.29, 1.82) is 0 Å². The maximum absolute atomic E-state index is 13.1. The molecule has 1 amide bonds. The third-order valence-corrected chi connectivity index (χ3v) is 5.64. The third-order valence-electron chi connectivity index (χ3n) is 4.15. The fourth-order valence-electron chi connectivity index (χ4n) is 2.90. The summed E-state index contributed by atoms with van der Waals surface area (Å²) in [5, 5.41) is 22.0. The van der Waals surface area contributed by atoms with Gasteiger partial charge in [-0.1, -0.05) is 42.5 Å². The van der Waals surface area contributed by atoms with Gasteiger partial charge in [0.1, 0.15) is 10.9 Å². The lowest BCUT2D eigenvalue weighted by molar-refractivity contribution is -0.992. The highest BCUT2D eigenvalue weighted by Gasteiger charge is 2.37. The Balaban J connectivity index is 2.55. The van der Waals surface area contributed by atoms with Gasteiger partial charge in [0.2, 0.25) is 15.9 Å². The number of ether oxygens (including phenoxy) is 1. The van der Waals surface area contributed by atoms with Crippen molar-refractivity contribution in [2.45, 2.75) is 43.9 Å². The molecule has 1 unspecified atom stereocenters. The highest BCUT2D eigenvalue weighted by atomic mass is 32.2. The molecule has 0 heterocycles. The van der Waals surface area contributed by atoms with E-state index in [-0.39, 0.29) is 0 Å². The summed E-state index contributed by atoms with van der Waals surface area (Å²) in [7, 11) is -4.49. The molecular formula is C20H25N3O7S. The maximum Gasteiger partial charge on any atom is 0.326 e. The Bertz CT molecular complexity index is 1010. The van der Waals surface area contributed by atoms with Crippen molar-refractivity contribution < 1.29 is 33.2 Å². The summed E-state index contributed by atoms with van der Waals surface area (Å²) < 4.78 is 33.6. The summed E-state index contributed by atoms with van der Waals surface area (Å²) in [4.78, 5) is 24.2. The number of quaternary nitrogens is 1. The zero-order valence-corrected chi connectivity index (χ0v) is 18.0. The van der Waals surface area contributed by atoms with Crippen LogP contribution in [0.15, 0.2) is 59.5 Å². The van der Waals surface area contributed by atoms with Crippen LogP contribution in [0.5, 0.6) is 0 Å². The van der Waals surface area contributed by atoms with Crippen LogP contribution in [0.1, 0.15) is 32.4 Å². The molecule has 0 aliphatic rings. The zero-order chi connectivity index (χ0) is 23.2. The summed E-state index contributed by atoms with van der Waals surface area (Å²) in [6.45, 7) is 4.42. The number of benzene rings is 2. The number of sulfonamides is 1. The number of hydrogen-bond acceptors (Lipinski definition) is 7. The minimum Gasteiger partial charge on any atom is -0.595 e. The van der Waals surface area contributed by atoms with Gasteiger partial charge in [0, 0.05) is 13.0 Å². The third kappa shape index (κ3) is 6.57. The van der Waals surface area contributed by atoms with Gasteiger partial charge in [-0.2, -0.15) is 9.95 Å². The van der Waals surface area contributed by atoms with Gasteiger partial charge in [-0.15, -0.1) is 0 Å². The van der Waals surface area contributed by atoms with Gasteiger partial charge in [0.25, 0.3) is 0 Å². The van der Waals surface area contributed by atoms with E-state index in [9.17, 15) is 28.4 Å². The van der Waals surface area contributed by atoms with E-state index in [0.29, 0.717) is 5.56 Å². The van der Waals surface area contributed by atoms with E-state index >= 15 is 0 Å². The second-order valence-corrected chi connectivity index (χ2v) is 8.66. The first-order valence-electron chi connectivity index (χ1n) is 9.40. The smallest absolute Gasteiger partial charge is 0.326 e. The Hall–Kier alpha value is -2.83. The van der Waals surface area contributed by atoms with Gasteiger partial charge in [0.05, 0.1) is 12.1 Å². The minimum absolute atomic E-state index is 0.456. The van der Waals surface area contributed by atoms with Gasteiger partial charge in [0.15, 0.2) is 5.69 Å². The van der Waals surface area contributed by atoms with E-state index in [2.05, 4.69) is 10.0 Å². The average Bonchev–Trinajstić information content (AvgIpc) is 2.70. The van der Waals surface area contributed by atoms with Crippen LogP contribution in [0.3, 0.4) is 0 Å². The van der Waals surface area contributed by atoms with Crippen molar-refractivity contribution in [2.24, 2.45) is 0 Å². The Kier molecular flexibility index (Phi) is 8.25. The van der Waals surface area contributed by atoms with E-state index in [1.807, 2.05) is 0 Å². The normalized spacial score (nSPS) is 14.5. The first-order chi connectivity index (χ1) is 14.5. The summed E-state index contributed by atoms with van der Waals surface area (Å²) in [5.41, 5.74) is -0.000564. The fourth-order valence-corrected chi connectivity index (χ4v) is 4.30. The molecule has 0 aromatic heterocycles. The van der Waals surface area contributed by atoms with Crippen LogP contribution < -0.4 is 15.3 Å². The predicted molar refractivity (Wildman–Crippen MR) is 111 cm³/mol. The van der Waals surface area contributed by atoms with Crippen LogP contribution in [0.25, 0.3) is 0 Å². The van der Waals surface area contributed by atoms with E-state index in [1.165, 1.54) is 19.1 Å². The standard InChI is InChI=1S/C20H25N3O7S/c1-13(2)30-20(25)19(18(21-14(3)24)15-9-5-4-6-10-15)22-31(28,29)17-12-8-7-11-16(17)23(26)27/h4-13,18-19,22-23,26H,1-3H3,(H,21,24)/t18-,19+/m0/s1. The molecule has 0 spiro atoms. The number of para-hydroxylation sites is 1. The highest BCUT2D eigenvalue weighted by molar-refractivity contribution is 7.89. The molecule has 3 atom stereocenters. The van der Waals surface area contributed by atoms with Crippen molar-refractivity contribution in [3.63, 3.8) is 0 Å². The fraction of sp³-hybridized carbons (Fsp3) is 0.300. The Morgan fingerprint density at radius 3 is 2.19 bits per heavy atom. The topological polar surface area (TPSA) is 149 Å². The van der Waals surface area contributed by atoms with Crippen molar-refractivity contribution in [1.82, 2.24) is 10.0 Å². The molecule has 0 fully saturated rings. The molecule has 168 valence electrons. The van der Waals surface area contributed by atoms with Crippen LogP contribution >= 0.6 is 0 Å². The molecule has 2 rings (SSSR count). The molecule has 0 aliphatic heterocycles. The molecule has 2 aromatic carbocycles. The van der Waals surface area contributed by atoms with Gasteiger partial charge in [-0.05, 0) is 25.5 Å². The Labute approximate surface area is 180 Å². The summed E-state index contributed by atoms with van der Waals surface area (Å²) >= 11 is 0. The first-order valence-corrected chi connectivity index (χ1v) is 10.9. The number of carbonyl (C=O) groups excluding carboxylic acids is 2. The Morgan fingerprint density at radius 2 is 1.65 bits per heavy atom. The van der Waals surface area contributed by atoms with Crippen LogP contribution in [0.2, 0.25) is 0 Å². The number of amides is 1. The van der Waals surface area contributed by atoms with Gasteiger partial charge in [-0.3, -0.25) is 9.59 Å². The van der Waals surface area contributed by atoms with Crippen molar-refractivity contribution in [3.8, 4) is 0 Å². The molecule has 0 aliphatic carbocycles. The van der Waals surface area contributed by atoms with Crippen LogP contribution in [0.4, 0.5) is 5.69 Å². The SMILES string of the molecule is CC(=O)N[C@@H](c1ccccc1)[C@@H](NS(=O)(=O)c1ccccc1[NH+]([O-])O)C(=O)OC(C)C. The van der Waals surface area contributed by atoms with Crippen LogP contribution in [-0.2, 0) is 24.3 Å². The van der Waals surface area contributed by atoms with Crippen LogP contribution in [0, 0.1) is 5.21 Å². The minimum atomic E-state index is -4.49. The van der Waals surface area contributed by atoms with Crippen molar-refractivity contribution in [3.05, 3.63) is 65.4 Å². The van der Waals surface area contributed by atoms with Gasteiger partial charge >= 0.3 is 5.97 Å². The van der Waals surface area contributed by atoms with Gasteiger partial charge < -0.3 is 15.3 Å². The molecule has 0 saturated heterocycles. The maximum atomic E-state index is 13.1. The number of hydrogen-bond donors (Lipinski definition) is 4. The lowest BCUT2D eigenvalue weighted by Gasteiger charge is -2.28. The molecule has 10 nitrogen and oxygen atoms in total. The molecule has 0 radical (unpaired) electrons. The van der Waals surface area contributed by atoms with Crippen LogP contribution in [-0.4, -0.2) is 37.6 Å². The quantitative estimate of drug-likeness (QED) is 0.321. The van der Waals surface area contributed by atoms with Crippen molar-refractivity contribution in [2.75, 3.05) is 0 Å². The molecule has 2 aromatic rings. The first kappa shape index (κ1) is 24.4. The van der Waals surface area contributed by atoms with Crippen molar-refractivity contribution >= 4 is 27.6 Å². The molecular weight excluding hydrogens is 426 g/mol. The van der Waals surface area contributed by atoms with E-state index < -0.39 is 55.9 Å². The predicted octanol–water partition coefficient (Wildman–Crippen LogP) is 0.566. The summed E-state index contributed by atoms with van der Waals surface area (Å²) in [6.07, 6.45) is -0.556. The number of esters is 1. The lowest BCUT2D eigenvalue weighted by atomic mass is 10.00. The number of carbonyl (C=O) groups is 2. The molecule has 0 bridgehead atoms. The molecule has 4 N–H and O–H groups in total. The number of rotatable bonds is 9. The molecule has 31 heavy (non-hydrogen) atoms. The monoisotopic (exact) mass is 451 g/mol. The van der Waals surface area contributed by atoms with Gasteiger partial charge in [-0.25, -0.2) is 13.6 Å². The second kappa shape index (κ2) is 10.5. The molecule has 0 saturated carbocycles. The average molecular weight is 452 g/mol. The van der Waals surface area contributed by atoms with E-state index in [0.717, 1.165) is 12.1 Å². The molecule has 11 heteroatoms. The summed E-state index contributed by atoms with van der Waals surface area (Å²) in [6, 6.07) is 10.7. The largest absolute Gasteiger partial charge is 0.595 e. The zero-order valence-electron chi connectivity index (χ0n) is 17.2. The van der Waals surface area contributed by atoms with E-state index in [4.69, 9.17) is 4.74 Å². The highest BCUT2D eigenvalue weighted by Crippen LogP contribution is 2.23. The summed E-state index contributed by atoms with van der Waals surface area (Å²) in [5.74, 6) is -1.42. The second-order valence-electron chi connectivity index (χ2n) is 6.97. The van der Waals surface area contributed by atoms with E-state index in [1.54, 1.807) is 44.2 Å².